The molecule has 0 aromatic carbocycles. The Balaban J connectivity index is 1.86. The van der Waals surface area contributed by atoms with Gasteiger partial charge in [-0.25, -0.2) is 4.98 Å². The molecule has 0 saturated heterocycles. The molecular formula is C18H25N3O4S. The van der Waals surface area contributed by atoms with Gasteiger partial charge in [0, 0.05) is 12.6 Å². The van der Waals surface area contributed by atoms with Gasteiger partial charge in [0.25, 0.3) is 5.56 Å². The van der Waals surface area contributed by atoms with Crippen molar-refractivity contribution in [1.29, 1.82) is 0 Å². The SMILES string of the molecule is COC(=O)Cc1cc(=O)[nH]c(S[C@@H](C)C(=O)NCCC2=CCCCC2)n1. The van der Waals surface area contributed by atoms with E-state index in [0.29, 0.717) is 17.4 Å². The van der Waals surface area contributed by atoms with Crippen molar-refractivity contribution >= 4 is 23.6 Å². The number of nitrogens with zero attached hydrogens (tertiary/aromatic N) is 1. The number of methoxy groups -OCH3 is 1. The fraction of sp³-hybridized carbons (Fsp3) is 0.556. The number of aromatic amines is 1. The van der Waals surface area contributed by atoms with Gasteiger partial charge in [-0.05, 0) is 39.0 Å². The van der Waals surface area contributed by atoms with Gasteiger partial charge in [-0.1, -0.05) is 23.4 Å². The van der Waals surface area contributed by atoms with Gasteiger partial charge in [0.05, 0.1) is 24.5 Å². The highest BCUT2D eigenvalue weighted by molar-refractivity contribution is 8.00. The summed E-state index contributed by atoms with van der Waals surface area (Å²) in [7, 11) is 1.28. The van der Waals surface area contributed by atoms with E-state index in [-0.39, 0.29) is 17.9 Å². The largest absolute Gasteiger partial charge is 0.469 e. The summed E-state index contributed by atoms with van der Waals surface area (Å²) in [6.07, 6.45) is 7.82. The monoisotopic (exact) mass is 379 g/mol. The topological polar surface area (TPSA) is 101 Å². The molecule has 26 heavy (non-hydrogen) atoms. The Morgan fingerprint density at radius 1 is 1.42 bits per heavy atom. The molecule has 0 aliphatic heterocycles. The third-order valence-corrected chi connectivity index (χ3v) is 5.10. The molecule has 1 atom stereocenters. The molecule has 142 valence electrons. The van der Waals surface area contributed by atoms with Crippen molar-refractivity contribution in [2.24, 2.45) is 0 Å². The highest BCUT2D eigenvalue weighted by Gasteiger charge is 2.17. The first-order chi connectivity index (χ1) is 12.5. The second kappa shape index (κ2) is 10.2. The van der Waals surface area contributed by atoms with E-state index >= 15 is 0 Å². The minimum atomic E-state index is -0.471. The number of carbonyl (C=O) groups excluding carboxylic acids is 2. The predicted molar refractivity (Wildman–Crippen MR) is 100 cm³/mol. The summed E-state index contributed by atoms with van der Waals surface area (Å²) < 4.78 is 4.58. The van der Waals surface area contributed by atoms with Crippen LogP contribution in [0.15, 0.2) is 27.7 Å². The zero-order valence-electron chi connectivity index (χ0n) is 15.2. The maximum absolute atomic E-state index is 12.2. The number of nitrogens with one attached hydrogen (secondary N) is 2. The first-order valence-corrected chi connectivity index (χ1v) is 9.65. The van der Waals surface area contributed by atoms with Crippen LogP contribution in [0.2, 0.25) is 0 Å². The van der Waals surface area contributed by atoms with E-state index in [2.05, 4.69) is 26.1 Å². The summed E-state index contributed by atoms with van der Waals surface area (Å²) in [6, 6.07) is 1.25. The summed E-state index contributed by atoms with van der Waals surface area (Å²) in [4.78, 5) is 42.1. The van der Waals surface area contributed by atoms with Crippen LogP contribution in [0.1, 0.15) is 44.7 Å². The maximum Gasteiger partial charge on any atom is 0.311 e. The van der Waals surface area contributed by atoms with Gasteiger partial charge in [-0.15, -0.1) is 0 Å². The van der Waals surface area contributed by atoms with Crippen LogP contribution in [-0.4, -0.2) is 40.7 Å². The van der Waals surface area contributed by atoms with Gasteiger partial charge in [0.1, 0.15) is 0 Å². The van der Waals surface area contributed by atoms with E-state index in [1.165, 1.54) is 31.6 Å². The smallest absolute Gasteiger partial charge is 0.311 e. The van der Waals surface area contributed by atoms with Crippen LogP contribution in [0.5, 0.6) is 0 Å². The number of ether oxygens (including phenoxy) is 1. The number of hydrogen-bond donors (Lipinski definition) is 2. The molecule has 1 aliphatic carbocycles. The Bertz CT molecular complexity index is 729. The molecule has 0 saturated carbocycles. The molecule has 0 spiro atoms. The summed E-state index contributed by atoms with van der Waals surface area (Å²) in [5.41, 5.74) is 1.37. The molecule has 0 unspecified atom stereocenters. The number of amides is 1. The van der Waals surface area contributed by atoms with E-state index < -0.39 is 11.2 Å². The third-order valence-electron chi connectivity index (χ3n) is 4.11. The fourth-order valence-corrected chi connectivity index (χ4v) is 3.55. The molecule has 0 fully saturated rings. The molecule has 7 nitrogen and oxygen atoms in total. The number of aromatic nitrogens is 2. The van der Waals surface area contributed by atoms with Crippen molar-refractivity contribution in [2.75, 3.05) is 13.7 Å². The van der Waals surface area contributed by atoms with Crippen LogP contribution in [0, 0.1) is 0 Å². The van der Waals surface area contributed by atoms with E-state index in [9.17, 15) is 14.4 Å². The summed E-state index contributed by atoms with van der Waals surface area (Å²) in [5.74, 6) is -0.575. The van der Waals surface area contributed by atoms with Crippen molar-refractivity contribution in [3.63, 3.8) is 0 Å². The van der Waals surface area contributed by atoms with E-state index in [4.69, 9.17) is 0 Å². The highest BCUT2D eigenvalue weighted by Crippen LogP contribution is 2.20. The Kier molecular flexibility index (Phi) is 7.90. The summed E-state index contributed by atoms with van der Waals surface area (Å²) in [5, 5.41) is 2.83. The maximum atomic E-state index is 12.2. The van der Waals surface area contributed by atoms with E-state index in [0.717, 1.165) is 31.0 Å². The van der Waals surface area contributed by atoms with Crippen molar-refractivity contribution in [3.05, 3.63) is 33.8 Å². The predicted octanol–water partition coefficient (Wildman–Crippen LogP) is 1.97. The average Bonchev–Trinajstić information content (AvgIpc) is 2.61. The number of allylic oxidation sites excluding steroid dienone is 1. The molecule has 1 aliphatic rings. The molecule has 1 amide bonds. The van der Waals surface area contributed by atoms with Crippen molar-refractivity contribution in [1.82, 2.24) is 15.3 Å². The van der Waals surface area contributed by atoms with Crippen molar-refractivity contribution < 1.29 is 14.3 Å². The van der Waals surface area contributed by atoms with Gasteiger partial charge in [-0.2, -0.15) is 0 Å². The molecule has 1 heterocycles. The first kappa shape index (κ1) is 20.2. The van der Waals surface area contributed by atoms with Crippen molar-refractivity contribution in [3.8, 4) is 0 Å². The van der Waals surface area contributed by atoms with Crippen LogP contribution < -0.4 is 10.9 Å². The quantitative estimate of drug-likeness (QED) is 0.310. The normalized spacial score (nSPS) is 15.1. The Morgan fingerprint density at radius 3 is 2.92 bits per heavy atom. The fourth-order valence-electron chi connectivity index (χ4n) is 2.69. The molecule has 8 heteroatoms. The number of H-pyrrole nitrogens is 1. The molecule has 1 aromatic heterocycles. The molecule has 1 aromatic rings. The van der Waals surface area contributed by atoms with Crippen LogP contribution in [0.25, 0.3) is 0 Å². The first-order valence-electron chi connectivity index (χ1n) is 8.77. The van der Waals surface area contributed by atoms with Gasteiger partial charge in [0.15, 0.2) is 5.16 Å². The summed E-state index contributed by atoms with van der Waals surface area (Å²) >= 11 is 1.16. The van der Waals surface area contributed by atoms with Crippen LogP contribution in [0.4, 0.5) is 0 Å². The highest BCUT2D eigenvalue weighted by atomic mass is 32.2. The van der Waals surface area contributed by atoms with E-state index in [1.807, 2.05) is 0 Å². The minimum Gasteiger partial charge on any atom is -0.469 e. The van der Waals surface area contributed by atoms with Gasteiger partial charge < -0.3 is 15.0 Å². The molecule has 0 bridgehead atoms. The molecule has 2 N–H and O–H groups in total. The van der Waals surface area contributed by atoms with E-state index in [1.54, 1.807) is 6.92 Å². The lowest BCUT2D eigenvalue weighted by atomic mass is 9.97. The molecule has 2 rings (SSSR count). The summed E-state index contributed by atoms with van der Waals surface area (Å²) in [6.45, 7) is 2.37. The second-order valence-corrected chi connectivity index (χ2v) is 7.53. The lowest BCUT2D eigenvalue weighted by molar-refractivity contribution is -0.139. The number of carbonyl (C=O) groups is 2. The number of hydrogen-bond acceptors (Lipinski definition) is 6. The molecular weight excluding hydrogens is 354 g/mol. The van der Waals surface area contributed by atoms with Gasteiger partial charge in [0.2, 0.25) is 5.91 Å². The molecule has 0 radical (unpaired) electrons. The second-order valence-electron chi connectivity index (χ2n) is 6.20. The van der Waals surface area contributed by atoms with Crippen LogP contribution in [0.3, 0.4) is 0 Å². The lowest BCUT2D eigenvalue weighted by Gasteiger charge is -2.15. The lowest BCUT2D eigenvalue weighted by Crippen LogP contribution is -2.32. The standard InChI is InChI=1S/C18H25N3O4S/c1-12(17(24)19-9-8-13-6-4-3-5-7-13)26-18-20-14(10-15(22)21-18)11-16(23)25-2/h6,10,12H,3-5,7-9,11H2,1-2H3,(H,19,24)(H,20,21,22)/t12-/m0/s1. The number of thioether (sulfide) groups is 1. The van der Waals surface area contributed by atoms with Crippen molar-refractivity contribution in [2.45, 2.75) is 55.9 Å². The van der Waals surface area contributed by atoms with Crippen LogP contribution >= 0.6 is 11.8 Å². The average molecular weight is 379 g/mol. The number of esters is 1. The third kappa shape index (κ3) is 6.67. The Morgan fingerprint density at radius 2 is 2.23 bits per heavy atom. The zero-order valence-corrected chi connectivity index (χ0v) is 16.0. The van der Waals surface area contributed by atoms with Gasteiger partial charge >= 0.3 is 5.97 Å². The Labute approximate surface area is 157 Å². The Hall–Kier alpha value is -2.09. The van der Waals surface area contributed by atoms with Crippen LogP contribution in [-0.2, 0) is 20.7 Å². The van der Waals surface area contributed by atoms with Gasteiger partial charge in [-0.3, -0.25) is 14.4 Å². The zero-order chi connectivity index (χ0) is 18.9. The number of rotatable bonds is 8. The minimum absolute atomic E-state index is 0.0797.